The van der Waals surface area contributed by atoms with Crippen LogP contribution in [0, 0.1) is 36.4 Å². The van der Waals surface area contributed by atoms with E-state index >= 15 is 0 Å². The molecule has 0 saturated heterocycles. The fourth-order valence-corrected chi connectivity index (χ4v) is 18.8. The number of oxazole rings is 3. The maximum absolute atomic E-state index is 6.53. The van der Waals surface area contributed by atoms with Crippen LogP contribution in [0.2, 0.25) is 0 Å². The molecule has 672 valence electrons. The average Bonchev–Trinajstić information content (AvgIpc) is 1.59. The van der Waals surface area contributed by atoms with Gasteiger partial charge in [-0.3, -0.25) is 15.0 Å². The molecule has 27 rings (SSSR count). The summed E-state index contributed by atoms with van der Waals surface area (Å²) < 4.78 is 26.0. The van der Waals surface area contributed by atoms with Crippen molar-refractivity contribution in [3.8, 4) is 152 Å². The van der Waals surface area contributed by atoms with Crippen molar-refractivity contribution in [1.82, 2.24) is 43.6 Å². The number of benzene rings is 18. The van der Waals surface area contributed by atoms with Crippen LogP contribution < -0.4 is 0 Å². The van der Waals surface area contributed by atoms with E-state index in [1.165, 1.54) is 27.8 Å². The van der Waals surface area contributed by atoms with Gasteiger partial charge in [0.1, 0.15) is 34.4 Å². The molecule has 0 bridgehead atoms. The second-order valence-electron chi connectivity index (χ2n) is 33.8. The Balaban J connectivity index is 0.000000120. The minimum atomic E-state index is 0. The first-order chi connectivity index (χ1) is 68.4. The summed E-state index contributed by atoms with van der Waals surface area (Å²) in [5.74, 6) is 1.61. The molecule has 0 aliphatic heterocycles. The van der Waals surface area contributed by atoms with Crippen LogP contribution in [0.5, 0.6) is 0 Å². The first kappa shape index (κ1) is 89.5. The van der Waals surface area contributed by atoms with Crippen molar-refractivity contribution in [2.45, 2.75) is 0 Å². The number of rotatable bonds is 15. The topological polar surface area (TPSA) is 132 Å². The second kappa shape index (κ2) is 39.0. The number of pyridine rings is 3. The van der Waals surface area contributed by atoms with E-state index in [0.29, 0.717) is 17.7 Å². The molecule has 141 heavy (non-hydrogen) atoms. The Morgan fingerprint density at radius 1 is 0.206 bits per heavy atom. The molecule has 0 saturated carbocycles. The van der Waals surface area contributed by atoms with Crippen molar-refractivity contribution in [2.24, 2.45) is 0 Å². The zero-order valence-corrected chi connectivity index (χ0v) is 81.8. The third-order valence-electron chi connectivity index (χ3n) is 25.5. The number of hydrogen-bond donors (Lipinski definition) is 0. The fourth-order valence-electron chi connectivity index (χ4n) is 18.8. The summed E-state index contributed by atoms with van der Waals surface area (Å²) in [6.45, 7) is 0. The normalized spacial score (nSPS) is 11.2. The molecule has 0 aliphatic rings. The average molecular weight is 2350 g/mol. The molecule has 0 amide bonds. The van der Waals surface area contributed by atoms with Gasteiger partial charge in [-0.15, -0.1) is 138 Å². The van der Waals surface area contributed by atoms with E-state index in [4.69, 9.17) is 28.2 Å². The largest absolute Gasteiger partial charge is 2.00 e. The van der Waals surface area contributed by atoms with Gasteiger partial charge in [-0.25, -0.2) is 0 Å². The summed E-state index contributed by atoms with van der Waals surface area (Å²) in [5, 5.41) is 6.73. The van der Waals surface area contributed by atoms with Gasteiger partial charge in [-0.1, -0.05) is 329 Å². The van der Waals surface area contributed by atoms with E-state index in [1.54, 1.807) is 6.20 Å². The smallest absolute Gasteiger partial charge is 0.481 e. The van der Waals surface area contributed by atoms with E-state index in [2.05, 4.69) is 350 Å². The van der Waals surface area contributed by atoms with Crippen molar-refractivity contribution in [3.05, 3.63) is 492 Å². The second-order valence-corrected chi connectivity index (χ2v) is 33.8. The van der Waals surface area contributed by atoms with Crippen LogP contribution in [0.15, 0.2) is 469 Å². The maximum Gasteiger partial charge on any atom is 2.00 e. The van der Waals surface area contributed by atoms with Gasteiger partial charge in [0.05, 0.1) is 16.6 Å². The Morgan fingerprint density at radius 3 is 1.03 bits per heavy atom. The molecule has 0 aliphatic carbocycles. The molecule has 15 heteroatoms. The standard InChI is InChI=1S/3C42H25N3O.3Pt/c1-2-11-28(12-3-1)29-20-22-30(23-21-29)34-26-35-33-15-4-6-18-39(33)45(32-14-10-13-31(25-32)37-16-8-9-24-43-37)40(35)27-36(34)42-44-38-17-5-7-19-41(38)46-42;1-2-10-28(11-3-1)29-19-21-30(22-20-29)34-15-9-17-38-41(34)46-42(44-38)32-23-24-36-35-14-4-5-18-39(35)45(40(36)27-32)33-13-8-12-31(26-33)37-16-6-7-25-43-37;1-2-9-28(10-3-1)29-16-18-30(19-17-29)31-21-23-38-41(27-31)46-42(44-38)33-20-22-36-35-13-4-5-15-39(35)45(40(36)26-33)34-12-8-11-32(25-34)37-14-6-7-24-43-37;;;/h1-24,26H;1-25H;1-24,27H;;;/q3*-2;3*+2. The van der Waals surface area contributed by atoms with Gasteiger partial charge < -0.3 is 41.9 Å². The number of para-hydroxylation sites is 6. The van der Waals surface area contributed by atoms with Crippen molar-refractivity contribution in [2.75, 3.05) is 0 Å². The van der Waals surface area contributed by atoms with Gasteiger partial charge >= 0.3 is 63.2 Å². The maximum atomic E-state index is 6.53. The zero-order chi connectivity index (χ0) is 91.4. The van der Waals surface area contributed by atoms with Crippen LogP contribution in [0.1, 0.15) is 0 Å². The predicted molar refractivity (Wildman–Crippen MR) is 557 cm³/mol. The van der Waals surface area contributed by atoms with E-state index < -0.39 is 0 Å². The van der Waals surface area contributed by atoms with Crippen molar-refractivity contribution >= 4 is 98.7 Å². The van der Waals surface area contributed by atoms with Gasteiger partial charge in [0.15, 0.2) is 0 Å². The molecular weight excluding hydrogens is 2270 g/mol. The van der Waals surface area contributed by atoms with Crippen LogP contribution in [-0.2, 0) is 63.2 Å². The summed E-state index contributed by atoms with van der Waals surface area (Å²) in [7, 11) is 0. The van der Waals surface area contributed by atoms with Crippen LogP contribution in [0.4, 0.5) is 0 Å². The summed E-state index contributed by atoms with van der Waals surface area (Å²) in [4.78, 5) is 28.4. The van der Waals surface area contributed by atoms with Crippen LogP contribution in [0.25, 0.3) is 251 Å². The van der Waals surface area contributed by atoms with Crippen molar-refractivity contribution in [1.29, 1.82) is 0 Å². The number of hydrogen-bond acceptors (Lipinski definition) is 9. The molecule has 9 aromatic heterocycles. The summed E-state index contributed by atoms with van der Waals surface area (Å²) >= 11 is 0. The first-order valence-corrected chi connectivity index (χ1v) is 45.8. The van der Waals surface area contributed by atoms with E-state index in [1.807, 2.05) is 164 Å². The molecule has 27 aromatic rings. The Labute approximate surface area is 855 Å². The quantitative estimate of drug-likeness (QED) is 0.0921. The Kier molecular flexibility index (Phi) is 24.8. The Morgan fingerprint density at radius 2 is 0.560 bits per heavy atom. The van der Waals surface area contributed by atoms with Gasteiger partial charge in [0.25, 0.3) is 0 Å². The monoisotopic (exact) mass is 2350 g/mol. The SMILES string of the molecule is [Pt+2].[Pt+2].[Pt+2].[c-]1c(-c2ccccn2)cccc1-n1c2[c-]c(-c3nc4ccc(-c5ccc(-c6ccccc6)cc5)cc4o3)ccc2c2ccccc21.[c-]1c(-c2ccccn2)cccc1-n1c2[c-]c(-c3nc4cccc(-c5ccc(-c6ccccc6)cc5)c4o3)ccc2c2ccccc21.[c-]1c(-c2ccccn2)cccc1-n1c2[c-]c(-c3nc4ccccc4o3)c(-c3ccc(-c4ccccc4)cc3)cc2c2ccccc21. The van der Waals surface area contributed by atoms with E-state index in [-0.39, 0.29) is 63.2 Å². The molecule has 0 radical (unpaired) electrons. The molecule has 0 spiro atoms. The minimum absolute atomic E-state index is 0. The first-order valence-electron chi connectivity index (χ1n) is 45.8. The molecule has 9 heterocycles. The molecule has 0 unspecified atom stereocenters. The number of fused-ring (bicyclic) bond motifs is 12. The predicted octanol–water partition coefficient (Wildman–Crippen LogP) is 31.8. The van der Waals surface area contributed by atoms with Crippen LogP contribution in [-0.4, -0.2) is 43.6 Å². The molecule has 18 aromatic carbocycles. The van der Waals surface area contributed by atoms with Crippen molar-refractivity contribution < 1.29 is 76.4 Å². The summed E-state index contributed by atoms with van der Waals surface area (Å²) in [5.41, 5.74) is 34.8. The molecule has 12 nitrogen and oxygen atoms in total. The third-order valence-corrected chi connectivity index (χ3v) is 25.5. The van der Waals surface area contributed by atoms with Crippen LogP contribution >= 0.6 is 0 Å². The summed E-state index contributed by atoms with van der Waals surface area (Å²) in [6, 6.07) is 172. The minimum Gasteiger partial charge on any atom is -0.481 e. The number of nitrogens with zero attached hydrogens (tertiary/aromatic N) is 9. The molecule has 0 fully saturated rings. The Bertz CT molecular complexity index is 9220. The van der Waals surface area contributed by atoms with Gasteiger partial charge in [0, 0.05) is 40.7 Å². The fraction of sp³-hybridized carbons (Fsp3) is 0. The van der Waals surface area contributed by atoms with Crippen molar-refractivity contribution in [3.63, 3.8) is 0 Å². The molecule has 0 atom stereocenters. The summed E-state index contributed by atoms with van der Waals surface area (Å²) in [6.07, 6.45) is 5.42. The number of aromatic nitrogens is 9. The molecule has 0 N–H and O–H groups in total. The third kappa shape index (κ3) is 17.2. The van der Waals surface area contributed by atoms with Crippen LogP contribution in [0.3, 0.4) is 0 Å². The zero-order valence-electron chi connectivity index (χ0n) is 75.0. The van der Waals surface area contributed by atoms with E-state index in [0.717, 1.165) is 205 Å². The Hall–Kier alpha value is -16.7. The van der Waals surface area contributed by atoms with E-state index in [9.17, 15) is 0 Å². The van der Waals surface area contributed by atoms with Gasteiger partial charge in [-0.05, 0) is 184 Å². The van der Waals surface area contributed by atoms with Gasteiger partial charge in [0.2, 0.25) is 0 Å². The van der Waals surface area contributed by atoms with Gasteiger partial charge in [-0.2, -0.15) is 0 Å². The molecular formula is C126H75N9O3Pt3.